The highest BCUT2D eigenvalue weighted by atomic mass is 16.5. The Labute approximate surface area is 101 Å². The first-order chi connectivity index (χ1) is 8.25. The van der Waals surface area contributed by atoms with Crippen LogP contribution in [0.3, 0.4) is 0 Å². The molecular weight excluding hydrogens is 214 g/mol. The highest BCUT2D eigenvalue weighted by Crippen LogP contribution is 2.06. The van der Waals surface area contributed by atoms with Gasteiger partial charge in [-0.2, -0.15) is 4.98 Å². The molecule has 1 aromatic heterocycles. The highest BCUT2D eigenvalue weighted by Gasteiger charge is 2.02. The smallest absolute Gasteiger partial charge is 0.227 e. The van der Waals surface area contributed by atoms with Crippen molar-refractivity contribution < 1.29 is 4.52 Å². The van der Waals surface area contributed by atoms with Gasteiger partial charge in [-0.25, -0.2) is 0 Å². The third-order valence-corrected chi connectivity index (χ3v) is 2.66. The molecule has 4 nitrogen and oxygen atoms in total. The molecule has 4 heteroatoms. The summed E-state index contributed by atoms with van der Waals surface area (Å²) in [6.45, 7) is 5.67. The molecule has 1 aromatic carbocycles. The van der Waals surface area contributed by atoms with Gasteiger partial charge in [0, 0.05) is 19.5 Å². The summed E-state index contributed by atoms with van der Waals surface area (Å²) < 4.78 is 5.04. The minimum Gasteiger partial charge on any atom is -0.339 e. The Kier molecular flexibility index (Phi) is 3.88. The number of hydrogen-bond acceptors (Lipinski definition) is 4. The molecule has 2 aromatic rings. The van der Waals surface area contributed by atoms with Crippen LogP contribution in [0, 0.1) is 13.8 Å². The first-order valence-corrected chi connectivity index (χ1v) is 5.80. The van der Waals surface area contributed by atoms with E-state index in [1.54, 1.807) is 0 Å². The number of hydrogen-bond donors (Lipinski definition) is 1. The van der Waals surface area contributed by atoms with Gasteiger partial charge in [-0.05, 0) is 25.0 Å². The molecular formula is C13H17N3O. The molecule has 0 aliphatic heterocycles. The maximum atomic E-state index is 5.04. The number of nitrogens with zero attached hydrogens (tertiary/aromatic N) is 2. The SMILES string of the molecule is Cc1noc(CCNCc2ccccc2C)n1. The zero-order valence-electron chi connectivity index (χ0n) is 10.2. The van der Waals surface area contributed by atoms with Crippen LogP contribution in [0.1, 0.15) is 22.8 Å². The molecule has 0 saturated carbocycles. The predicted octanol–water partition coefficient (Wildman–Crippen LogP) is 2.02. The second-order valence-electron chi connectivity index (χ2n) is 4.09. The molecule has 2 rings (SSSR count). The fraction of sp³-hybridized carbons (Fsp3) is 0.385. The average Bonchev–Trinajstić information content (AvgIpc) is 2.73. The molecule has 0 radical (unpaired) electrons. The number of aryl methyl sites for hydroxylation is 2. The third-order valence-electron chi connectivity index (χ3n) is 2.66. The van der Waals surface area contributed by atoms with Gasteiger partial charge in [-0.3, -0.25) is 0 Å². The van der Waals surface area contributed by atoms with Crippen molar-refractivity contribution in [3.05, 3.63) is 47.1 Å². The molecule has 90 valence electrons. The summed E-state index contributed by atoms with van der Waals surface area (Å²) in [6.07, 6.45) is 0.771. The van der Waals surface area contributed by atoms with E-state index in [2.05, 4.69) is 46.6 Å². The quantitative estimate of drug-likeness (QED) is 0.800. The molecule has 0 atom stereocenters. The van der Waals surface area contributed by atoms with E-state index in [-0.39, 0.29) is 0 Å². The second-order valence-corrected chi connectivity index (χ2v) is 4.09. The van der Waals surface area contributed by atoms with Gasteiger partial charge in [-0.15, -0.1) is 0 Å². The predicted molar refractivity (Wildman–Crippen MR) is 65.6 cm³/mol. The van der Waals surface area contributed by atoms with Crippen LogP contribution >= 0.6 is 0 Å². The van der Waals surface area contributed by atoms with Crippen molar-refractivity contribution in [3.8, 4) is 0 Å². The molecule has 1 N–H and O–H groups in total. The van der Waals surface area contributed by atoms with Crippen molar-refractivity contribution in [1.29, 1.82) is 0 Å². The lowest BCUT2D eigenvalue weighted by Crippen LogP contribution is -2.17. The Morgan fingerprint density at radius 1 is 1.24 bits per heavy atom. The van der Waals surface area contributed by atoms with Crippen LogP contribution in [0.25, 0.3) is 0 Å². The van der Waals surface area contributed by atoms with E-state index in [9.17, 15) is 0 Å². The van der Waals surface area contributed by atoms with Crippen LogP contribution in [0.2, 0.25) is 0 Å². The summed E-state index contributed by atoms with van der Waals surface area (Å²) in [5.41, 5.74) is 2.64. The first-order valence-electron chi connectivity index (χ1n) is 5.80. The zero-order valence-corrected chi connectivity index (χ0v) is 10.2. The van der Waals surface area contributed by atoms with Crippen molar-refractivity contribution in [3.63, 3.8) is 0 Å². The minimum absolute atomic E-state index is 0.693. The molecule has 0 unspecified atom stereocenters. The van der Waals surface area contributed by atoms with Crippen LogP contribution in [0.4, 0.5) is 0 Å². The van der Waals surface area contributed by atoms with E-state index in [4.69, 9.17) is 4.52 Å². The molecule has 0 fully saturated rings. The van der Waals surface area contributed by atoms with Gasteiger partial charge < -0.3 is 9.84 Å². The minimum atomic E-state index is 0.693. The highest BCUT2D eigenvalue weighted by molar-refractivity contribution is 5.25. The monoisotopic (exact) mass is 231 g/mol. The topological polar surface area (TPSA) is 51.0 Å². The molecule has 0 aliphatic rings. The maximum absolute atomic E-state index is 5.04. The number of benzene rings is 1. The van der Waals surface area contributed by atoms with E-state index >= 15 is 0 Å². The van der Waals surface area contributed by atoms with Gasteiger partial charge in [-0.1, -0.05) is 29.4 Å². The van der Waals surface area contributed by atoms with Crippen LogP contribution in [-0.2, 0) is 13.0 Å². The largest absolute Gasteiger partial charge is 0.339 e. The number of aromatic nitrogens is 2. The molecule has 0 aliphatic carbocycles. The van der Waals surface area contributed by atoms with Crippen LogP contribution in [0.15, 0.2) is 28.8 Å². The lowest BCUT2D eigenvalue weighted by atomic mass is 10.1. The van der Waals surface area contributed by atoms with Gasteiger partial charge in [0.15, 0.2) is 5.82 Å². The van der Waals surface area contributed by atoms with E-state index in [1.807, 2.05) is 6.92 Å². The Hall–Kier alpha value is -1.68. The standard InChI is InChI=1S/C13H17N3O/c1-10-5-3-4-6-12(10)9-14-8-7-13-15-11(2)16-17-13/h3-6,14H,7-9H2,1-2H3. The fourth-order valence-corrected chi connectivity index (χ4v) is 1.67. The molecule has 1 heterocycles. The first kappa shape index (κ1) is 11.8. The van der Waals surface area contributed by atoms with Gasteiger partial charge in [0.05, 0.1) is 0 Å². The van der Waals surface area contributed by atoms with E-state index < -0.39 is 0 Å². The second kappa shape index (κ2) is 5.59. The van der Waals surface area contributed by atoms with Gasteiger partial charge in [0.2, 0.25) is 5.89 Å². The van der Waals surface area contributed by atoms with Crippen LogP contribution < -0.4 is 5.32 Å². The van der Waals surface area contributed by atoms with Crippen LogP contribution in [-0.4, -0.2) is 16.7 Å². The maximum Gasteiger partial charge on any atom is 0.227 e. The Morgan fingerprint density at radius 3 is 2.76 bits per heavy atom. The summed E-state index contributed by atoms with van der Waals surface area (Å²) in [5, 5.41) is 7.13. The van der Waals surface area contributed by atoms with Crippen molar-refractivity contribution in [2.45, 2.75) is 26.8 Å². The third kappa shape index (κ3) is 3.39. The Balaban J connectivity index is 1.75. The summed E-state index contributed by atoms with van der Waals surface area (Å²) in [5.74, 6) is 1.39. The molecule has 17 heavy (non-hydrogen) atoms. The molecule has 0 spiro atoms. The number of rotatable bonds is 5. The average molecular weight is 231 g/mol. The van der Waals surface area contributed by atoms with Crippen molar-refractivity contribution >= 4 is 0 Å². The fourth-order valence-electron chi connectivity index (χ4n) is 1.67. The van der Waals surface area contributed by atoms with Crippen molar-refractivity contribution in [2.24, 2.45) is 0 Å². The van der Waals surface area contributed by atoms with Crippen molar-refractivity contribution in [2.75, 3.05) is 6.54 Å². The Morgan fingerprint density at radius 2 is 2.06 bits per heavy atom. The summed E-state index contributed by atoms with van der Waals surface area (Å²) in [4.78, 5) is 4.16. The van der Waals surface area contributed by atoms with E-state index in [0.717, 1.165) is 19.5 Å². The van der Waals surface area contributed by atoms with Crippen LogP contribution in [0.5, 0.6) is 0 Å². The zero-order chi connectivity index (χ0) is 12.1. The summed E-state index contributed by atoms with van der Waals surface area (Å²) in [7, 11) is 0. The normalized spacial score (nSPS) is 10.7. The lowest BCUT2D eigenvalue weighted by Gasteiger charge is -2.06. The van der Waals surface area contributed by atoms with Gasteiger partial charge in [0.25, 0.3) is 0 Å². The summed E-state index contributed by atoms with van der Waals surface area (Å²) in [6, 6.07) is 8.38. The van der Waals surface area contributed by atoms with Gasteiger partial charge in [0.1, 0.15) is 0 Å². The van der Waals surface area contributed by atoms with Crippen molar-refractivity contribution in [1.82, 2.24) is 15.5 Å². The summed E-state index contributed by atoms with van der Waals surface area (Å²) >= 11 is 0. The molecule has 0 bridgehead atoms. The van der Waals surface area contributed by atoms with E-state index in [1.165, 1.54) is 11.1 Å². The Bertz CT molecular complexity index is 479. The van der Waals surface area contributed by atoms with Gasteiger partial charge >= 0.3 is 0 Å². The molecule has 0 saturated heterocycles. The lowest BCUT2D eigenvalue weighted by molar-refractivity contribution is 0.372. The van der Waals surface area contributed by atoms with E-state index in [0.29, 0.717) is 11.7 Å². The number of nitrogens with one attached hydrogen (secondary N) is 1. The molecule has 0 amide bonds.